The van der Waals surface area contributed by atoms with Crippen LogP contribution in [0.2, 0.25) is 0 Å². The second kappa shape index (κ2) is 10.7. The van der Waals surface area contributed by atoms with E-state index < -0.39 is 17.9 Å². The number of carboxylic acids is 2. The number of hydrogen-bond acceptors (Lipinski definition) is 5. The predicted molar refractivity (Wildman–Crippen MR) is 69.9 cm³/mol. The molecule has 0 bridgehead atoms. The fourth-order valence-electron chi connectivity index (χ4n) is 0.887. The summed E-state index contributed by atoms with van der Waals surface area (Å²) >= 11 is 0. The maximum atomic E-state index is 10.6. The predicted octanol–water partition coefficient (Wildman–Crippen LogP) is -0.576. The van der Waals surface area contributed by atoms with Crippen molar-refractivity contribution in [2.45, 2.75) is 6.92 Å². The summed E-state index contributed by atoms with van der Waals surface area (Å²) in [5.41, 5.74) is 4.56. The van der Waals surface area contributed by atoms with Crippen LogP contribution in [0.1, 0.15) is 17.3 Å². The van der Waals surface area contributed by atoms with Gasteiger partial charge in [-0.25, -0.2) is 4.79 Å². The molecular formula is C11H15CaNO6. The first-order chi connectivity index (χ1) is 8.38. The number of carbonyl (C=O) groups excluding carboxylic acids is 1. The van der Waals surface area contributed by atoms with Crippen LogP contribution in [0.3, 0.4) is 0 Å². The summed E-state index contributed by atoms with van der Waals surface area (Å²) in [6.45, 7) is 0.943. The molecule has 0 saturated heterocycles. The van der Waals surface area contributed by atoms with Crippen molar-refractivity contribution in [1.82, 2.24) is 0 Å². The molecule has 1 aromatic carbocycles. The van der Waals surface area contributed by atoms with Crippen molar-refractivity contribution < 1.29 is 29.3 Å². The van der Waals surface area contributed by atoms with Crippen LogP contribution in [-0.4, -0.2) is 72.4 Å². The molecule has 7 nitrogen and oxygen atoms in total. The van der Waals surface area contributed by atoms with E-state index in [2.05, 4.69) is 10.5 Å². The number of benzene rings is 1. The van der Waals surface area contributed by atoms with E-state index in [1.54, 1.807) is 12.1 Å². The van der Waals surface area contributed by atoms with Crippen LogP contribution < -0.4 is 10.5 Å². The molecule has 8 heteroatoms. The third-order valence-corrected chi connectivity index (χ3v) is 1.55. The zero-order chi connectivity index (χ0) is 14.1. The van der Waals surface area contributed by atoms with E-state index in [0.29, 0.717) is 0 Å². The summed E-state index contributed by atoms with van der Waals surface area (Å²) in [4.78, 5) is 30.4. The number of aromatic carboxylic acids is 1. The van der Waals surface area contributed by atoms with Crippen molar-refractivity contribution in [3.8, 4) is 5.75 Å². The van der Waals surface area contributed by atoms with E-state index in [0.717, 1.165) is 0 Å². The maximum absolute atomic E-state index is 10.6. The Morgan fingerprint density at radius 2 is 1.68 bits per heavy atom. The molecule has 0 amide bonds. The van der Waals surface area contributed by atoms with Gasteiger partial charge in [-0.3, -0.25) is 9.59 Å². The Morgan fingerprint density at radius 3 is 2.05 bits per heavy atom. The monoisotopic (exact) mass is 297 g/mol. The number of esters is 1. The zero-order valence-corrected chi connectivity index (χ0v) is 9.62. The van der Waals surface area contributed by atoms with E-state index in [-0.39, 0.29) is 55.6 Å². The van der Waals surface area contributed by atoms with Gasteiger partial charge in [0.15, 0.2) is 0 Å². The van der Waals surface area contributed by atoms with E-state index in [1.165, 1.54) is 19.1 Å². The number of hydrogen-bond donors (Lipinski definition) is 3. The number of rotatable bonds is 3. The van der Waals surface area contributed by atoms with E-state index in [4.69, 9.17) is 10.2 Å². The fraction of sp³-hybridized carbons (Fsp3) is 0.182. The molecule has 19 heavy (non-hydrogen) atoms. The first kappa shape index (κ1) is 20.2. The normalized spacial score (nSPS) is 8.32. The van der Waals surface area contributed by atoms with Gasteiger partial charge in [0.25, 0.3) is 0 Å². The van der Waals surface area contributed by atoms with Crippen LogP contribution in [0, 0.1) is 0 Å². The molecule has 0 fully saturated rings. The molecule has 1 aromatic rings. The van der Waals surface area contributed by atoms with Crippen molar-refractivity contribution in [1.29, 1.82) is 0 Å². The van der Waals surface area contributed by atoms with Crippen molar-refractivity contribution in [3.05, 3.63) is 29.8 Å². The number of carbonyl (C=O) groups is 3. The standard InChI is InChI=1S/C9H8O4.C2H5NO2.Ca.2H/c1-6(10)13-8-5-3-2-4-7(8)9(11)12;3-1-2(4)5;;;/h2-5H,1H3,(H,11,12);1,3H2,(H,4,5);;;. The van der Waals surface area contributed by atoms with Gasteiger partial charge in [0.1, 0.15) is 11.3 Å². The van der Waals surface area contributed by atoms with Gasteiger partial charge in [-0.15, -0.1) is 0 Å². The second-order valence-corrected chi connectivity index (χ2v) is 2.99. The zero-order valence-electron chi connectivity index (χ0n) is 9.62. The molecule has 0 aliphatic rings. The molecule has 0 aliphatic heterocycles. The van der Waals surface area contributed by atoms with Gasteiger partial charge in [0.2, 0.25) is 0 Å². The molecule has 0 spiro atoms. The Kier molecular flexibility index (Phi) is 11.4. The fourth-order valence-corrected chi connectivity index (χ4v) is 0.887. The van der Waals surface area contributed by atoms with Gasteiger partial charge in [-0.05, 0) is 12.1 Å². The minimum atomic E-state index is -1.11. The average molecular weight is 297 g/mol. The molecule has 0 aromatic heterocycles. The molecule has 0 saturated carbocycles. The SMILES string of the molecule is CC(=O)Oc1ccccc1C(=O)O.NCC(=O)O.[CaH2]. The summed E-state index contributed by atoms with van der Waals surface area (Å²) in [5, 5.41) is 16.3. The molecule has 102 valence electrons. The number of nitrogens with two attached hydrogens (primary N) is 1. The second-order valence-electron chi connectivity index (χ2n) is 2.99. The van der Waals surface area contributed by atoms with Crippen molar-refractivity contribution in [3.63, 3.8) is 0 Å². The third-order valence-electron chi connectivity index (χ3n) is 1.55. The summed E-state index contributed by atoms with van der Waals surface area (Å²) in [5.74, 6) is -2.54. The van der Waals surface area contributed by atoms with Crippen molar-refractivity contribution in [2.75, 3.05) is 6.54 Å². The summed E-state index contributed by atoms with van der Waals surface area (Å²) in [6, 6.07) is 5.98. The Balaban J connectivity index is 0. The van der Waals surface area contributed by atoms with Crippen LogP contribution in [-0.2, 0) is 9.59 Å². The molecule has 4 N–H and O–H groups in total. The summed E-state index contributed by atoms with van der Waals surface area (Å²) in [7, 11) is 0. The van der Waals surface area contributed by atoms with Crippen LogP contribution in [0.25, 0.3) is 0 Å². The molecule has 0 unspecified atom stereocenters. The summed E-state index contributed by atoms with van der Waals surface area (Å²) < 4.78 is 4.69. The van der Waals surface area contributed by atoms with Gasteiger partial charge < -0.3 is 20.7 Å². The van der Waals surface area contributed by atoms with Crippen molar-refractivity contribution in [2.24, 2.45) is 5.73 Å². The van der Waals surface area contributed by atoms with Gasteiger partial charge >= 0.3 is 55.6 Å². The van der Waals surface area contributed by atoms with E-state index >= 15 is 0 Å². The molecule has 0 heterocycles. The number of ether oxygens (including phenoxy) is 1. The van der Waals surface area contributed by atoms with E-state index in [1.807, 2.05) is 0 Å². The molecular weight excluding hydrogens is 282 g/mol. The van der Waals surface area contributed by atoms with Gasteiger partial charge in [-0.2, -0.15) is 0 Å². The van der Waals surface area contributed by atoms with Gasteiger partial charge in [0, 0.05) is 6.92 Å². The molecule has 0 atom stereocenters. The topological polar surface area (TPSA) is 127 Å². The van der Waals surface area contributed by atoms with Crippen molar-refractivity contribution >= 4 is 55.6 Å². The Labute approximate surface area is 139 Å². The van der Waals surface area contributed by atoms with Crippen LogP contribution in [0.4, 0.5) is 0 Å². The number of carboxylic acid groups (broad SMARTS) is 2. The Bertz CT molecular complexity index is 449. The number of aliphatic carboxylic acids is 1. The van der Waals surface area contributed by atoms with Crippen LogP contribution in [0.5, 0.6) is 5.75 Å². The van der Waals surface area contributed by atoms with Crippen LogP contribution in [0.15, 0.2) is 24.3 Å². The third kappa shape index (κ3) is 9.43. The number of para-hydroxylation sites is 1. The Morgan fingerprint density at radius 1 is 1.21 bits per heavy atom. The Hall–Kier alpha value is -1.15. The summed E-state index contributed by atoms with van der Waals surface area (Å²) in [6.07, 6.45) is 0. The first-order valence-corrected chi connectivity index (χ1v) is 4.81. The quantitative estimate of drug-likeness (QED) is 0.387. The van der Waals surface area contributed by atoms with Gasteiger partial charge in [-0.1, -0.05) is 12.1 Å². The average Bonchev–Trinajstić information content (AvgIpc) is 2.29. The molecule has 0 radical (unpaired) electrons. The van der Waals surface area contributed by atoms with Crippen LogP contribution >= 0.6 is 0 Å². The molecule has 1 rings (SSSR count). The molecule has 0 aliphatic carbocycles. The first-order valence-electron chi connectivity index (χ1n) is 4.81. The minimum absolute atomic E-state index is 0. The van der Waals surface area contributed by atoms with E-state index in [9.17, 15) is 14.4 Å². The van der Waals surface area contributed by atoms with Gasteiger partial charge in [0.05, 0.1) is 6.54 Å².